The van der Waals surface area contributed by atoms with Crippen LogP contribution in [0, 0.1) is 5.82 Å². The van der Waals surface area contributed by atoms with E-state index in [1.54, 1.807) is 41.2 Å². The molecule has 1 aromatic heterocycles. The van der Waals surface area contributed by atoms with Crippen molar-refractivity contribution in [2.24, 2.45) is 0 Å². The highest BCUT2D eigenvalue weighted by molar-refractivity contribution is 5.96. The Hall–Kier alpha value is -3.55. The van der Waals surface area contributed by atoms with Gasteiger partial charge in [0.15, 0.2) is 11.5 Å². The molecule has 31 heavy (non-hydrogen) atoms. The third-order valence-electron chi connectivity index (χ3n) is 5.50. The van der Waals surface area contributed by atoms with Crippen molar-refractivity contribution in [2.45, 2.75) is 25.3 Å². The van der Waals surface area contributed by atoms with Crippen molar-refractivity contribution in [3.63, 3.8) is 0 Å². The Morgan fingerprint density at radius 1 is 1.13 bits per heavy atom. The summed E-state index contributed by atoms with van der Waals surface area (Å²) in [5.41, 5.74) is 2.60. The first-order chi connectivity index (χ1) is 15.1. The van der Waals surface area contributed by atoms with Crippen molar-refractivity contribution in [1.29, 1.82) is 0 Å². The van der Waals surface area contributed by atoms with E-state index in [4.69, 9.17) is 14.2 Å². The monoisotopic (exact) mass is 425 g/mol. The second-order valence-electron chi connectivity index (χ2n) is 7.24. The zero-order valence-corrected chi connectivity index (χ0v) is 17.6. The van der Waals surface area contributed by atoms with Crippen LogP contribution in [0.15, 0.2) is 42.6 Å². The molecular weight excluding hydrogens is 401 g/mol. The van der Waals surface area contributed by atoms with Crippen LogP contribution < -0.4 is 19.5 Å². The van der Waals surface area contributed by atoms with Crippen LogP contribution in [0.5, 0.6) is 17.2 Å². The largest absolute Gasteiger partial charge is 0.493 e. The van der Waals surface area contributed by atoms with Gasteiger partial charge < -0.3 is 19.5 Å². The lowest BCUT2D eigenvalue weighted by Crippen LogP contribution is -2.31. The third-order valence-corrected chi connectivity index (χ3v) is 5.50. The second kappa shape index (κ2) is 8.67. The van der Waals surface area contributed by atoms with Crippen LogP contribution >= 0.6 is 0 Å². The maximum absolute atomic E-state index is 14.3. The first kappa shape index (κ1) is 20.7. The number of ether oxygens (including phenoxy) is 3. The van der Waals surface area contributed by atoms with E-state index in [-0.39, 0.29) is 17.8 Å². The Morgan fingerprint density at radius 3 is 2.48 bits per heavy atom. The van der Waals surface area contributed by atoms with Crippen molar-refractivity contribution < 1.29 is 23.4 Å². The summed E-state index contributed by atoms with van der Waals surface area (Å²) in [5.74, 6) is 0.632. The molecule has 0 aliphatic heterocycles. The quantitative estimate of drug-likeness (QED) is 0.650. The number of halogens is 1. The number of methoxy groups -OCH3 is 3. The van der Waals surface area contributed by atoms with E-state index >= 15 is 0 Å². The molecule has 1 atom stereocenters. The number of rotatable bonds is 6. The average Bonchev–Trinajstić information content (AvgIpc) is 3.23. The van der Waals surface area contributed by atoms with Crippen molar-refractivity contribution in [3.05, 3.63) is 65.2 Å². The third kappa shape index (κ3) is 3.81. The molecule has 0 saturated carbocycles. The van der Waals surface area contributed by atoms with Crippen LogP contribution in [-0.2, 0) is 6.42 Å². The number of hydrogen-bond donors (Lipinski definition) is 1. The predicted octanol–water partition coefficient (Wildman–Crippen LogP) is 3.84. The van der Waals surface area contributed by atoms with Crippen molar-refractivity contribution >= 4 is 5.91 Å². The van der Waals surface area contributed by atoms with Gasteiger partial charge in [0.1, 0.15) is 11.5 Å². The number of nitrogens with one attached hydrogen (secondary N) is 1. The van der Waals surface area contributed by atoms with E-state index in [0.717, 1.165) is 30.5 Å². The van der Waals surface area contributed by atoms with E-state index in [1.165, 1.54) is 27.4 Å². The number of nitrogens with zero attached hydrogens (tertiary/aromatic N) is 2. The summed E-state index contributed by atoms with van der Waals surface area (Å²) in [7, 11) is 4.52. The summed E-state index contributed by atoms with van der Waals surface area (Å²) in [4.78, 5) is 13.0. The number of carbonyl (C=O) groups excluding carboxylic acids is 1. The fraction of sp³-hybridized carbons (Fsp3) is 0.304. The molecule has 0 fully saturated rings. The molecule has 0 unspecified atom stereocenters. The predicted molar refractivity (Wildman–Crippen MR) is 113 cm³/mol. The lowest BCUT2D eigenvalue weighted by atomic mass is 9.92. The number of carbonyl (C=O) groups is 1. The van der Waals surface area contributed by atoms with Crippen LogP contribution in [0.3, 0.4) is 0 Å². The molecule has 4 rings (SSSR count). The minimum Gasteiger partial charge on any atom is -0.493 e. The van der Waals surface area contributed by atoms with Crippen LogP contribution in [0.2, 0.25) is 0 Å². The van der Waals surface area contributed by atoms with Gasteiger partial charge in [-0.1, -0.05) is 12.1 Å². The van der Waals surface area contributed by atoms with Crippen molar-refractivity contribution in [2.75, 3.05) is 21.3 Å². The van der Waals surface area contributed by atoms with Crippen molar-refractivity contribution in [3.8, 4) is 22.9 Å². The van der Waals surface area contributed by atoms with Crippen LogP contribution in [0.1, 0.15) is 40.5 Å². The summed E-state index contributed by atoms with van der Waals surface area (Å²) < 4.78 is 31.9. The van der Waals surface area contributed by atoms with E-state index in [0.29, 0.717) is 28.5 Å². The summed E-state index contributed by atoms with van der Waals surface area (Å²) in [6.07, 6.45) is 4.10. The lowest BCUT2D eigenvalue weighted by Gasteiger charge is -2.24. The smallest absolute Gasteiger partial charge is 0.252 e. The standard InChI is InChI=1S/C23H24FN3O4/c1-29-20-11-14(12-21(30-2)22(20)31-3)23(28)26-17-8-6-10-18-15(17)13-25-27(18)19-9-5-4-7-16(19)24/h4-5,7,9,11-13,17H,6,8,10H2,1-3H3,(H,26,28)/t17-/m0/s1. The number of hydrogen-bond acceptors (Lipinski definition) is 5. The molecule has 0 saturated heterocycles. The van der Waals surface area contributed by atoms with Gasteiger partial charge >= 0.3 is 0 Å². The Bertz CT molecular complexity index is 1090. The molecule has 0 bridgehead atoms. The Kier molecular flexibility index (Phi) is 5.79. The van der Waals surface area contributed by atoms with Crippen LogP contribution in [0.4, 0.5) is 4.39 Å². The normalized spacial score (nSPS) is 15.2. The second-order valence-corrected chi connectivity index (χ2v) is 7.24. The highest BCUT2D eigenvalue weighted by atomic mass is 19.1. The molecule has 162 valence electrons. The molecule has 7 nitrogen and oxygen atoms in total. The summed E-state index contributed by atoms with van der Waals surface area (Å²) in [5, 5.41) is 7.48. The van der Waals surface area contributed by atoms with Crippen LogP contribution in [-0.4, -0.2) is 37.0 Å². The molecule has 8 heteroatoms. The zero-order chi connectivity index (χ0) is 22.0. The van der Waals surface area contributed by atoms with E-state index in [2.05, 4.69) is 10.4 Å². The minimum absolute atomic E-state index is 0.226. The molecular formula is C23H24FN3O4. The lowest BCUT2D eigenvalue weighted by molar-refractivity contribution is 0.0932. The molecule has 1 amide bonds. The van der Waals surface area contributed by atoms with Gasteiger partial charge in [0.05, 0.1) is 33.6 Å². The maximum Gasteiger partial charge on any atom is 0.252 e. The van der Waals surface area contributed by atoms with E-state index in [1.807, 2.05) is 0 Å². The molecule has 0 radical (unpaired) electrons. The number of amides is 1. The minimum atomic E-state index is -0.336. The highest BCUT2D eigenvalue weighted by Crippen LogP contribution is 2.38. The van der Waals surface area contributed by atoms with Gasteiger partial charge in [-0.3, -0.25) is 4.79 Å². The molecule has 1 aliphatic rings. The Morgan fingerprint density at radius 2 is 1.84 bits per heavy atom. The van der Waals surface area contributed by atoms with Gasteiger partial charge in [0.2, 0.25) is 5.75 Å². The van der Waals surface area contributed by atoms with Gasteiger partial charge in [-0.25, -0.2) is 9.07 Å². The number of aromatic nitrogens is 2. The zero-order valence-electron chi connectivity index (χ0n) is 17.6. The number of fused-ring (bicyclic) bond motifs is 1. The molecule has 1 N–H and O–H groups in total. The first-order valence-electron chi connectivity index (χ1n) is 10.00. The summed E-state index contributed by atoms with van der Waals surface area (Å²) in [6.45, 7) is 0. The number of benzene rings is 2. The molecule has 1 aliphatic carbocycles. The SMILES string of the molecule is COc1cc(C(=O)N[C@H]2CCCc3c2cnn3-c2ccccc2F)cc(OC)c1OC. The topological polar surface area (TPSA) is 74.6 Å². The first-order valence-corrected chi connectivity index (χ1v) is 10.00. The maximum atomic E-state index is 14.3. The summed E-state index contributed by atoms with van der Waals surface area (Å²) >= 11 is 0. The van der Waals surface area contributed by atoms with E-state index in [9.17, 15) is 9.18 Å². The van der Waals surface area contributed by atoms with Gasteiger partial charge in [0.25, 0.3) is 5.91 Å². The highest BCUT2D eigenvalue weighted by Gasteiger charge is 2.27. The Labute approximate surface area is 179 Å². The summed E-state index contributed by atoms with van der Waals surface area (Å²) in [6, 6.07) is 9.54. The fourth-order valence-corrected chi connectivity index (χ4v) is 3.99. The van der Waals surface area contributed by atoms with E-state index < -0.39 is 0 Å². The fourth-order valence-electron chi connectivity index (χ4n) is 3.99. The molecule has 2 aromatic carbocycles. The average molecular weight is 425 g/mol. The molecule has 0 spiro atoms. The number of para-hydroxylation sites is 1. The van der Waals surface area contributed by atoms with Gasteiger partial charge in [-0.15, -0.1) is 0 Å². The Balaban J connectivity index is 1.63. The molecule has 1 heterocycles. The van der Waals surface area contributed by atoms with Gasteiger partial charge in [-0.05, 0) is 43.5 Å². The van der Waals surface area contributed by atoms with Crippen LogP contribution in [0.25, 0.3) is 5.69 Å². The van der Waals surface area contributed by atoms with Crippen molar-refractivity contribution in [1.82, 2.24) is 15.1 Å². The van der Waals surface area contributed by atoms with Gasteiger partial charge in [-0.2, -0.15) is 5.10 Å². The van der Waals surface area contributed by atoms with Gasteiger partial charge in [0, 0.05) is 16.8 Å². The molecule has 3 aromatic rings.